The Labute approximate surface area is 102 Å². The highest BCUT2D eigenvalue weighted by Crippen LogP contribution is 2.44. The molecule has 2 rings (SSSR count). The van der Waals surface area contributed by atoms with E-state index in [1.54, 1.807) is 0 Å². The largest absolute Gasteiger partial charge is 0.396 e. The Kier molecular flexibility index (Phi) is 3.46. The van der Waals surface area contributed by atoms with Crippen molar-refractivity contribution in [1.82, 2.24) is 5.32 Å². The van der Waals surface area contributed by atoms with Crippen molar-refractivity contribution in [2.75, 3.05) is 13.2 Å². The highest BCUT2D eigenvalue weighted by molar-refractivity contribution is 5.37. The first-order chi connectivity index (χ1) is 8.19. The van der Waals surface area contributed by atoms with Gasteiger partial charge < -0.3 is 10.4 Å². The maximum absolute atomic E-state index is 9.20. The van der Waals surface area contributed by atoms with Gasteiger partial charge >= 0.3 is 0 Å². The summed E-state index contributed by atoms with van der Waals surface area (Å²) in [6, 6.07) is 7.90. The first-order valence-electron chi connectivity index (χ1n) is 6.00. The minimum atomic E-state index is 0.153. The van der Waals surface area contributed by atoms with Crippen molar-refractivity contribution in [2.24, 2.45) is 5.41 Å². The lowest BCUT2D eigenvalue weighted by Crippen LogP contribution is -2.26. The zero-order valence-electron chi connectivity index (χ0n) is 10.2. The van der Waals surface area contributed by atoms with E-state index in [4.69, 9.17) is 5.26 Å². The summed E-state index contributed by atoms with van der Waals surface area (Å²) >= 11 is 0. The average molecular weight is 230 g/mol. The molecule has 0 spiro atoms. The number of nitriles is 1. The molecule has 0 atom stereocenters. The fourth-order valence-corrected chi connectivity index (χ4v) is 1.99. The molecule has 0 aromatic heterocycles. The molecule has 1 aromatic rings. The van der Waals surface area contributed by atoms with Gasteiger partial charge in [0.05, 0.1) is 11.6 Å². The van der Waals surface area contributed by atoms with E-state index in [-0.39, 0.29) is 12.0 Å². The molecule has 17 heavy (non-hydrogen) atoms. The predicted octanol–water partition coefficient (Wildman–Crippen LogP) is 1.73. The number of nitrogens with zero attached hydrogens (tertiary/aromatic N) is 1. The number of aliphatic hydroxyl groups is 1. The van der Waals surface area contributed by atoms with Gasteiger partial charge in [0.2, 0.25) is 0 Å². The van der Waals surface area contributed by atoms with Crippen LogP contribution in [-0.4, -0.2) is 18.3 Å². The Bertz CT molecular complexity index is 444. The molecule has 0 aliphatic heterocycles. The van der Waals surface area contributed by atoms with Gasteiger partial charge in [-0.1, -0.05) is 6.07 Å². The molecule has 0 bridgehead atoms. The molecule has 1 aliphatic carbocycles. The van der Waals surface area contributed by atoms with Crippen LogP contribution in [0.5, 0.6) is 0 Å². The van der Waals surface area contributed by atoms with Crippen molar-refractivity contribution in [3.8, 4) is 6.07 Å². The topological polar surface area (TPSA) is 56.0 Å². The number of nitrogens with one attached hydrogen (secondary N) is 1. The molecule has 1 aliphatic rings. The van der Waals surface area contributed by atoms with Crippen molar-refractivity contribution in [3.63, 3.8) is 0 Å². The Morgan fingerprint density at radius 3 is 2.76 bits per heavy atom. The van der Waals surface area contributed by atoms with Crippen molar-refractivity contribution in [3.05, 3.63) is 34.9 Å². The lowest BCUT2D eigenvalue weighted by molar-refractivity contribution is 0.207. The predicted molar refractivity (Wildman–Crippen MR) is 66.4 cm³/mol. The zero-order chi connectivity index (χ0) is 12.3. The normalized spacial score (nSPS) is 16.5. The van der Waals surface area contributed by atoms with Gasteiger partial charge in [-0.05, 0) is 43.0 Å². The van der Waals surface area contributed by atoms with Crippen LogP contribution in [0.15, 0.2) is 18.2 Å². The van der Waals surface area contributed by atoms with E-state index >= 15 is 0 Å². The summed E-state index contributed by atoms with van der Waals surface area (Å²) in [5.41, 5.74) is 3.23. The quantitative estimate of drug-likeness (QED) is 0.810. The van der Waals surface area contributed by atoms with Crippen molar-refractivity contribution in [2.45, 2.75) is 26.3 Å². The van der Waals surface area contributed by atoms with Crippen LogP contribution in [0, 0.1) is 23.7 Å². The first-order valence-corrected chi connectivity index (χ1v) is 6.00. The summed E-state index contributed by atoms with van der Waals surface area (Å²) in [4.78, 5) is 0. The minimum Gasteiger partial charge on any atom is -0.396 e. The molecular weight excluding hydrogens is 212 g/mol. The van der Waals surface area contributed by atoms with Gasteiger partial charge in [-0.2, -0.15) is 5.26 Å². The zero-order valence-corrected chi connectivity index (χ0v) is 10.2. The fraction of sp³-hybridized carbons (Fsp3) is 0.500. The van der Waals surface area contributed by atoms with Crippen molar-refractivity contribution in [1.29, 1.82) is 5.26 Å². The highest BCUT2D eigenvalue weighted by Gasteiger charge is 2.41. The monoisotopic (exact) mass is 230 g/mol. The molecule has 0 unspecified atom stereocenters. The second-order valence-electron chi connectivity index (χ2n) is 5.01. The van der Waals surface area contributed by atoms with E-state index in [0.717, 1.165) is 31.5 Å². The second kappa shape index (κ2) is 4.87. The molecule has 1 aromatic carbocycles. The van der Waals surface area contributed by atoms with Crippen LogP contribution in [0.2, 0.25) is 0 Å². The Balaban J connectivity index is 1.89. The molecule has 0 amide bonds. The van der Waals surface area contributed by atoms with Gasteiger partial charge in [0.15, 0.2) is 0 Å². The Hall–Kier alpha value is -1.37. The van der Waals surface area contributed by atoms with E-state index in [9.17, 15) is 5.11 Å². The van der Waals surface area contributed by atoms with E-state index in [1.807, 2.05) is 25.1 Å². The van der Waals surface area contributed by atoms with Crippen molar-refractivity contribution >= 4 is 0 Å². The van der Waals surface area contributed by atoms with Crippen LogP contribution in [0.4, 0.5) is 0 Å². The molecule has 3 heteroatoms. The molecule has 3 nitrogen and oxygen atoms in total. The van der Waals surface area contributed by atoms with Gasteiger partial charge in [-0.3, -0.25) is 0 Å². The number of hydrogen-bond acceptors (Lipinski definition) is 3. The SMILES string of the molecule is Cc1cc(C#N)ccc1CNCC1(CO)CC1. The first kappa shape index (κ1) is 12.1. The molecular formula is C14H18N2O. The third-order valence-corrected chi connectivity index (χ3v) is 3.58. The highest BCUT2D eigenvalue weighted by atomic mass is 16.3. The number of aryl methyl sites for hydroxylation is 1. The molecule has 0 saturated heterocycles. The van der Waals surface area contributed by atoms with Crippen molar-refractivity contribution < 1.29 is 5.11 Å². The Morgan fingerprint density at radius 2 is 2.24 bits per heavy atom. The molecule has 0 radical (unpaired) electrons. The third kappa shape index (κ3) is 2.85. The lowest BCUT2D eigenvalue weighted by Gasteiger charge is -2.13. The van der Waals surface area contributed by atoms with Crippen LogP contribution in [-0.2, 0) is 6.54 Å². The van der Waals surface area contributed by atoms with Gasteiger partial charge in [-0.15, -0.1) is 0 Å². The Morgan fingerprint density at radius 1 is 1.47 bits per heavy atom. The van der Waals surface area contributed by atoms with E-state index in [2.05, 4.69) is 11.4 Å². The van der Waals surface area contributed by atoms with Gasteiger partial charge in [-0.25, -0.2) is 0 Å². The summed E-state index contributed by atoms with van der Waals surface area (Å²) in [5.74, 6) is 0. The summed E-state index contributed by atoms with van der Waals surface area (Å²) in [6.45, 7) is 3.99. The maximum atomic E-state index is 9.20. The van der Waals surface area contributed by atoms with Crippen LogP contribution >= 0.6 is 0 Å². The summed E-state index contributed by atoms with van der Waals surface area (Å²) < 4.78 is 0. The van der Waals surface area contributed by atoms with Gasteiger partial charge in [0.25, 0.3) is 0 Å². The van der Waals surface area contributed by atoms with E-state index in [1.165, 1.54) is 5.56 Å². The fourth-order valence-electron chi connectivity index (χ4n) is 1.99. The van der Waals surface area contributed by atoms with E-state index < -0.39 is 0 Å². The average Bonchev–Trinajstić information content (AvgIpc) is 3.12. The van der Waals surface area contributed by atoms with Crippen LogP contribution in [0.25, 0.3) is 0 Å². The molecule has 0 heterocycles. The van der Waals surface area contributed by atoms with Crippen LogP contribution in [0.3, 0.4) is 0 Å². The molecule has 2 N–H and O–H groups in total. The number of hydrogen-bond donors (Lipinski definition) is 2. The summed E-state index contributed by atoms with van der Waals surface area (Å²) in [7, 11) is 0. The standard InChI is InChI=1S/C14H18N2O/c1-11-6-12(7-15)2-3-13(11)8-16-9-14(10-17)4-5-14/h2-3,6,16-17H,4-5,8-10H2,1H3. The van der Waals surface area contributed by atoms with Gasteiger partial charge in [0, 0.05) is 25.1 Å². The minimum absolute atomic E-state index is 0.153. The molecule has 90 valence electrons. The van der Waals surface area contributed by atoms with Gasteiger partial charge in [0.1, 0.15) is 0 Å². The van der Waals surface area contributed by atoms with Crippen LogP contribution in [0.1, 0.15) is 29.5 Å². The smallest absolute Gasteiger partial charge is 0.0991 e. The second-order valence-corrected chi connectivity index (χ2v) is 5.01. The summed E-state index contributed by atoms with van der Waals surface area (Å²) in [6.07, 6.45) is 2.26. The summed E-state index contributed by atoms with van der Waals surface area (Å²) in [5, 5.41) is 21.4. The molecule has 1 fully saturated rings. The lowest BCUT2D eigenvalue weighted by atomic mass is 10.0. The number of aliphatic hydroxyl groups excluding tert-OH is 1. The third-order valence-electron chi connectivity index (χ3n) is 3.58. The molecule has 1 saturated carbocycles. The maximum Gasteiger partial charge on any atom is 0.0991 e. The number of benzene rings is 1. The number of rotatable bonds is 5. The van der Waals surface area contributed by atoms with Crippen LogP contribution < -0.4 is 5.32 Å². The van der Waals surface area contributed by atoms with E-state index in [0.29, 0.717) is 5.56 Å².